The van der Waals surface area contributed by atoms with Gasteiger partial charge in [0.05, 0.1) is 11.9 Å². The number of anilines is 1. The van der Waals surface area contributed by atoms with Crippen molar-refractivity contribution in [2.24, 2.45) is 0 Å². The molecule has 0 saturated carbocycles. The van der Waals surface area contributed by atoms with Crippen molar-refractivity contribution in [3.63, 3.8) is 0 Å². The number of carbonyl (C=O) groups is 2. The summed E-state index contributed by atoms with van der Waals surface area (Å²) in [6.07, 6.45) is 1.76. The zero-order valence-corrected chi connectivity index (χ0v) is 20.5. The fourth-order valence-corrected chi connectivity index (χ4v) is 4.29. The second kappa shape index (κ2) is 11.5. The van der Waals surface area contributed by atoms with Gasteiger partial charge in [-0.15, -0.1) is 0 Å². The Morgan fingerprint density at radius 1 is 1.06 bits per heavy atom. The number of halogens is 2. The van der Waals surface area contributed by atoms with Gasteiger partial charge < -0.3 is 10.2 Å². The largest absolute Gasteiger partial charge is 0.354 e. The molecule has 0 aromatic heterocycles. The molecule has 0 bridgehead atoms. The molecule has 0 saturated heterocycles. The van der Waals surface area contributed by atoms with E-state index in [-0.39, 0.29) is 18.1 Å². The lowest BCUT2D eigenvalue weighted by Gasteiger charge is -2.31. The highest BCUT2D eigenvalue weighted by molar-refractivity contribution is 7.92. The van der Waals surface area contributed by atoms with Gasteiger partial charge in [-0.2, -0.15) is 0 Å². The van der Waals surface area contributed by atoms with E-state index in [4.69, 9.17) is 23.2 Å². The number of sulfonamides is 1. The van der Waals surface area contributed by atoms with Crippen LogP contribution in [0.25, 0.3) is 0 Å². The molecule has 32 heavy (non-hydrogen) atoms. The lowest BCUT2D eigenvalue weighted by Crippen LogP contribution is -2.51. The van der Waals surface area contributed by atoms with Crippen LogP contribution < -0.4 is 9.62 Å². The number of nitrogens with zero attached hydrogens (tertiary/aromatic N) is 2. The summed E-state index contributed by atoms with van der Waals surface area (Å²) in [6, 6.07) is 12.3. The van der Waals surface area contributed by atoms with E-state index in [0.717, 1.165) is 22.5 Å². The topological polar surface area (TPSA) is 86.8 Å². The summed E-state index contributed by atoms with van der Waals surface area (Å²) >= 11 is 12.1. The summed E-state index contributed by atoms with van der Waals surface area (Å²) in [5.41, 5.74) is 0.980. The Morgan fingerprint density at radius 3 is 2.25 bits per heavy atom. The fraction of sp³-hybridized carbons (Fsp3) is 0.364. The Bertz CT molecular complexity index is 1060. The summed E-state index contributed by atoms with van der Waals surface area (Å²) in [7, 11) is -3.80. The van der Waals surface area contributed by atoms with Crippen LogP contribution in [0.2, 0.25) is 10.0 Å². The Balaban J connectivity index is 2.37. The molecule has 2 aromatic rings. The first-order valence-corrected chi connectivity index (χ1v) is 12.7. The molecule has 0 heterocycles. The predicted octanol–water partition coefficient (Wildman–Crippen LogP) is 3.70. The molecular formula is C22H27Cl2N3O4S. The van der Waals surface area contributed by atoms with E-state index in [2.05, 4.69) is 5.32 Å². The Morgan fingerprint density at radius 2 is 1.69 bits per heavy atom. The van der Waals surface area contributed by atoms with Crippen LogP contribution in [-0.4, -0.2) is 50.5 Å². The minimum atomic E-state index is -3.80. The van der Waals surface area contributed by atoms with Crippen LogP contribution in [0.5, 0.6) is 0 Å². The van der Waals surface area contributed by atoms with Crippen LogP contribution >= 0.6 is 23.2 Å². The average Bonchev–Trinajstić information content (AvgIpc) is 2.72. The van der Waals surface area contributed by atoms with E-state index in [9.17, 15) is 18.0 Å². The third-order valence-corrected chi connectivity index (χ3v) is 6.34. The molecule has 2 aromatic carbocycles. The summed E-state index contributed by atoms with van der Waals surface area (Å²) < 4.78 is 25.9. The highest BCUT2D eigenvalue weighted by Crippen LogP contribution is 2.23. The second-order valence-electron chi connectivity index (χ2n) is 7.37. The standard InChI is InChI=1S/C22H27Cl2N3O4S/c1-4-11-25-22(29)16(2)26(14-17-7-5-8-18(23)12-17)21(28)15-27(32(3,30)31)20-10-6-9-19(24)13-20/h5-10,12-13,16H,4,11,14-15H2,1-3H3,(H,25,29). The SMILES string of the molecule is CCCNC(=O)C(C)N(Cc1cccc(Cl)c1)C(=O)CN(c1cccc(Cl)c1)S(C)(=O)=O. The van der Waals surface area contributed by atoms with Gasteiger partial charge in [-0.3, -0.25) is 13.9 Å². The first-order chi connectivity index (χ1) is 15.0. The van der Waals surface area contributed by atoms with Crippen molar-refractivity contribution in [2.75, 3.05) is 23.7 Å². The Labute approximate surface area is 199 Å². The van der Waals surface area contributed by atoms with Crippen molar-refractivity contribution in [1.29, 1.82) is 0 Å². The summed E-state index contributed by atoms with van der Waals surface area (Å²) in [5, 5.41) is 3.61. The average molecular weight is 500 g/mol. The summed E-state index contributed by atoms with van der Waals surface area (Å²) in [5.74, 6) is -0.856. The number of hydrogen-bond donors (Lipinski definition) is 1. The van der Waals surface area contributed by atoms with Crippen molar-refractivity contribution in [3.05, 3.63) is 64.1 Å². The lowest BCUT2D eigenvalue weighted by molar-refractivity contribution is -0.139. The van der Waals surface area contributed by atoms with Crippen LogP contribution in [0, 0.1) is 0 Å². The first-order valence-electron chi connectivity index (χ1n) is 10.1. The van der Waals surface area contributed by atoms with Gasteiger partial charge in [0.25, 0.3) is 0 Å². The van der Waals surface area contributed by atoms with Crippen LogP contribution in [0.4, 0.5) is 5.69 Å². The van der Waals surface area contributed by atoms with Gasteiger partial charge in [-0.1, -0.05) is 48.3 Å². The molecule has 0 aliphatic carbocycles. The number of carbonyl (C=O) groups excluding carboxylic acids is 2. The molecule has 0 fully saturated rings. The van der Waals surface area contributed by atoms with Crippen molar-refractivity contribution < 1.29 is 18.0 Å². The quantitative estimate of drug-likeness (QED) is 0.539. The van der Waals surface area contributed by atoms with Crippen LogP contribution in [0.1, 0.15) is 25.8 Å². The van der Waals surface area contributed by atoms with Gasteiger partial charge in [0.2, 0.25) is 21.8 Å². The maximum absolute atomic E-state index is 13.3. The highest BCUT2D eigenvalue weighted by Gasteiger charge is 2.30. The van der Waals surface area contributed by atoms with Crippen molar-refractivity contribution in [1.82, 2.24) is 10.2 Å². The first kappa shape index (κ1) is 26.0. The molecule has 1 unspecified atom stereocenters. The minimum absolute atomic E-state index is 0.0905. The fourth-order valence-electron chi connectivity index (χ4n) is 3.06. The third-order valence-electron chi connectivity index (χ3n) is 4.73. The molecular weight excluding hydrogens is 473 g/mol. The molecule has 1 N–H and O–H groups in total. The van der Waals surface area contributed by atoms with E-state index in [1.165, 1.54) is 11.0 Å². The van der Waals surface area contributed by atoms with E-state index in [1.54, 1.807) is 49.4 Å². The van der Waals surface area contributed by atoms with Gasteiger partial charge in [-0.25, -0.2) is 8.42 Å². The zero-order valence-electron chi connectivity index (χ0n) is 18.2. The summed E-state index contributed by atoms with van der Waals surface area (Å²) in [6.45, 7) is 3.62. The maximum Gasteiger partial charge on any atom is 0.244 e. The molecule has 174 valence electrons. The monoisotopic (exact) mass is 499 g/mol. The van der Waals surface area contributed by atoms with Gasteiger partial charge in [0, 0.05) is 23.1 Å². The van der Waals surface area contributed by atoms with E-state index in [0.29, 0.717) is 16.6 Å². The van der Waals surface area contributed by atoms with E-state index >= 15 is 0 Å². The van der Waals surface area contributed by atoms with Gasteiger partial charge in [0.15, 0.2) is 0 Å². The second-order valence-corrected chi connectivity index (χ2v) is 10.1. The molecule has 10 heteroatoms. The molecule has 2 amide bonds. The van der Waals surface area contributed by atoms with Crippen molar-refractivity contribution in [3.8, 4) is 0 Å². The molecule has 7 nitrogen and oxygen atoms in total. The molecule has 0 aliphatic heterocycles. The molecule has 0 spiro atoms. The van der Waals surface area contributed by atoms with Crippen molar-refractivity contribution >= 4 is 50.7 Å². The van der Waals surface area contributed by atoms with Gasteiger partial charge in [0.1, 0.15) is 12.6 Å². The van der Waals surface area contributed by atoms with Gasteiger partial charge >= 0.3 is 0 Å². The minimum Gasteiger partial charge on any atom is -0.354 e. The summed E-state index contributed by atoms with van der Waals surface area (Å²) in [4.78, 5) is 27.3. The van der Waals surface area contributed by atoms with E-state index in [1.807, 2.05) is 6.92 Å². The number of rotatable bonds is 10. The maximum atomic E-state index is 13.3. The Hall–Kier alpha value is -2.29. The lowest BCUT2D eigenvalue weighted by atomic mass is 10.1. The smallest absolute Gasteiger partial charge is 0.244 e. The molecule has 0 aliphatic rings. The van der Waals surface area contributed by atoms with Crippen LogP contribution in [0.3, 0.4) is 0 Å². The highest BCUT2D eigenvalue weighted by atomic mass is 35.5. The number of benzene rings is 2. The normalized spacial score (nSPS) is 12.2. The Kier molecular flexibility index (Phi) is 9.36. The number of amides is 2. The van der Waals surface area contributed by atoms with Crippen LogP contribution in [-0.2, 0) is 26.2 Å². The molecule has 1 atom stereocenters. The van der Waals surface area contributed by atoms with Crippen molar-refractivity contribution in [2.45, 2.75) is 32.9 Å². The third kappa shape index (κ3) is 7.39. The molecule has 2 rings (SSSR count). The number of hydrogen-bond acceptors (Lipinski definition) is 4. The van der Waals surface area contributed by atoms with Gasteiger partial charge in [-0.05, 0) is 49.2 Å². The van der Waals surface area contributed by atoms with Crippen LogP contribution in [0.15, 0.2) is 48.5 Å². The zero-order chi connectivity index (χ0) is 23.9. The van der Waals surface area contributed by atoms with E-state index < -0.39 is 28.5 Å². The predicted molar refractivity (Wildman–Crippen MR) is 128 cm³/mol. The molecule has 0 radical (unpaired) electrons. The number of nitrogens with one attached hydrogen (secondary N) is 1.